The Morgan fingerprint density at radius 2 is 1.40 bits per heavy atom. The maximum atomic E-state index is 12.3. The van der Waals surface area contributed by atoms with Crippen LogP contribution in [0, 0.1) is 13.8 Å². The molecule has 2 aliphatic rings. The van der Waals surface area contributed by atoms with Crippen LogP contribution >= 0.6 is 0 Å². The lowest BCUT2D eigenvalue weighted by Crippen LogP contribution is -2.15. The third kappa shape index (κ3) is 6.18. The van der Waals surface area contributed by atoms with Crippen molar-refractivity contribution >= 4 is 47.7 Å². The summed E-state index contributed by atoms with van der Waals surface area (Å²) >= 11 is 0. The van der Waals surface area contributed by atoms with Crippen LogP contribution in [0.1, 0.15) is 60.3 Å². The summed E-state index contributed by atoms with van der Waals surface area (Å²) in [4.78, 5) is 58.4. The molecule has 4 rings (SSSR count). The summed E-state index contributed by atoms with van der Waals surface area (Å²) in [5.41, 5.74) is 7.92. The van der Waals surface area contributed by atoms with E-state index in [1.54, 1.807) is 38.2 Å². The summed E-state index contributed by atoms with van der Waals surface area (Å²) in [6.45, 7) is 14.8. The SMILES string of the molecule is C=CC1=C(C)C(=O)N=C1/C=c1/[nH]/c(=C\c2[nH]c(/C=C3\NC(=O)C(C)=C3C=C)c(C)c2CCC(=O)O)c(CCC(=O)O)c1C. The Labute approximate surface area is 248 Å². The van der Waals surface area contributed by atoms with Gasteiger partial charge < -0.3 is 25.5 Å². The van der Waals surface area contributed by atoms with E-state index in [4.69, 9.17) is 0 Å². The zero-order valence-corrected chi connectivity index (χ0v) is 24.6. The van der Waals surface area contributed by atoms with Crippen LogP contribution in [0.15, 0.2) is 58.3 Å². The molecule has 0 atom stereocenters. The number of aliphatic imine (C=N–C) groups is 1. The highest BCUT2D eigenvalue weighted by Gasteiger charge is 2.23. The van der Waals surface area contributed by atoms with Gasteiger partial charge in [-0.1, -0.05) is 25.3 Å². The van der Waals surface area contributed by atoms with Gasteiger partial charge in [-0.15, -0.1) is 0 Å². The predicted octanol–water partition coefficient (Wildman–Crippen LogP) is 3.06. The first-order valence-corrected chi connectivity index (χ1v) is 13.8. The lowest BCUT2D eigenvalue weighted by molar-refractivity contribution is -0.138. The zero-order valence-electron chi connectivity index (χ0n) is 24.6. The fraction of sp³-hybridized carbons (Fsp3) is 0.242. The van der Waals surface area contributed by atoms with Crippen molar-refractivity contribution in [2.24, 2.45) is 4.99 Å². The molecule has 5 N–H and O–H groups in total. The molecule has 2 aromatic rings. The largest absolute Gasteiger partial charge is 0.481 e. The van der Waals surface area contributed by atoms with Gasteiger partial charge in [0.15, 0.2) is 0 Å². The van der Waals surface area contributed by atoms with Crippen LogP contribution in [-0.2, 0) is 32.0 Å². The van der Waals surface area contributed by atoms with Crippen molar-refractivity contribution in [1.29, 1.82) is 0 Å². The van der Waals surface area contributed by atoms with Crippen molar-refractivity contribution in [3.05, 3.63) is 97.6 Å². The average molecular weight is 583 g/mol. The summed E-state index contributed by atoms with van der Waals surface area (Å²) in [6, 6.07) is 0. The van der Waals surface area contributed by atoms with Gasteiger partial charge in [-0.2, -0.15) is 0 Å². The van der Waals surface area contributed by atoms with Gasteiger partial charge in [0.05, 0.1) is 11.4 Å². The molecule has 4 heterocycles. The smallest absolute Gasteiger partial charge is 0.303 e. The van der Waals surface area contributed by atoms with Gasteiger partial charge in [0, 0.05) is 57.2 Å². The first kappa shape index (κ1) is 30.7. The molecule has 10 heteroatoms. The standard InChI is InChI=1S/C33H34N4O6/c1-7-20-18(5)32(42)36-26(20)13-24-16(3)22(9-11-30(38)39)28(34-24)15-29-23(10-12-31(40)41)17(4)25(35-29)14-27-21(8-2)19(6)33(43)37-27/h7-8,13-15,34-35H,1-2,9-12H2,3-6H3,(H,36,42)(H,38,39)(H,40,41)/b25-14+,26-13-,29-15-. The first-order valence-electron chi connectivity index (χ1n) is 13.8. The van der Waals surface area contributed by atoms with Crippen molar-refractivity contribution < 1.29 is 29.4 Å². The van der Waals surface area contributed by atoms with Gasteiger partial charge in [-0.3, -0.25) is 19.2 Å². The second-order valence-corrected chi connectivity index (χ2v) is 10.5. The maximum absolute atomic E-state index is 12.3. The Morgan fingerprint density at radius 1 is 0.767 bits per heavy atom. The highest BCUT2D eigenvalue weighted by atomic mass is 16.4. The molecular weight excluding hydrogens is 548 g/mol. The quantitative estimate of drug-likeness (QED) is 0.273. The van der Waals surface area contributed by atoms with Crippen molar-refractivity contribution in [2.45, 2.75) is 53.4 Å². The third-order valence-electron chi connectivity index (χ3n) is 7.85. The van der Waals surface area contributed by atoms with Crippen LogP contribution in [0.2, 0.25) is 0 Å². The number of rotatable bonds is 11. The van der Waals surface area contributed by atoms with Gasteiger partial charge in [-0.05, 0) is 81.0 Å². The van der Waals surface area contributed by atoms with Crippen LogP contribution in [0.5, 0.6) is 0 Å². The second kappa shape index (κ2) is 12.3. The van der Waals surface area contributed by atoms with Crippen molar-refractivity contribution in [2.75, 3.05) is 0 Å². The van der Waals surface area contributed by atoms with Gasteiger partial charge in [0.25, 0.3) is 11.8 Å². The van der Waals surface area contributed by atoms with E-state index in [1.165, 1.54) is 0 Å². The molecule has 0 unspecified atom stereocenters. The lowest BCUT2D eigenvalue weighted by atomic mass is 10.0. The molecule has 2 amide bonds. The minimum atomic E-state index is -0.942. The molecule has 0 fully saturated rings. The van der Waals surface area contributed by atoms with E-state index in [0.717, 1.165) is 22.3 Å². The van der Waals surface area contributed by atoms with Crippen LogP contribution < -0.4 is 16.0 Å². The number of hydrogen-bond acceptors (Lipinski definition) is 4. The number of aromatic amines is 2. The molecule has 0 bridgehead atoms. The number of allylic oxidation sites excluding steroid dienone is 3. The zero-order chi connectivity index (χ0) is 31.6. The number of carbonyl (C=O) groups is 4. The molecule has 10 nitrogen and oxygen atoms in total. The molecule has 0 aliphatic carbocycles. The van der Waals surface area contributed by atoms with E-state index in [9.17, 15) is 29.4 Å². The summed E-state index contributed by atoms with van der Waals surface area (Å²) in [5.74, 6) is -2.43. The molecule has 0 radical (unpaired) electrons. The fourth-order valence-corrected chi connectivity index (χ4v) is 5.34. The van der Waals surface area contributed by atoms with E-state index < -0.39 is 11.9 Å². The summed E-state index contributed by atoms with van der Waals surface area (Å²) in [5, 5.41) is 23.0. The highest BCUT2D eigenvalue weighted by molar-refractivity contribution is 6.32. The Morgan fingerprint density at radius 3 is 2.00 bits per heavy atom. The molecule has 0 aromatic carbocycles. The maximum Gasteiger partial charge on any atom is 0.303 e. The molecule has 0 saturated carbocycles. The van der Waals surface area contributed by atoms with E-state index in [0.29, 0.717) is 55.8 Å². The number of hydrogen-bond donors (Lipinski definition) is 5. The molecule has 43 heavy (non-hydrogen) atoms. The third-order valence-corrected chi connectivity index (χ3v) is 7.85. The van der Waals surface area contributed by atoms with E-state index in [-0.39, 0.29) is 37.5 Å². The van der Waals surface area contributed by atoms with Crippen LogP contribution in [0.3, 0.4) is 0 Å². The van der Waals surface area contributed by atoms with Gasteiger partial charge in [-0.25, -0.2) is 4.99 Å². The number of aliphatic carboxylic acids is 2. The molecule has 222 valence electrons. The first-order chi connectivity index (χ1) is 20.4. The van der Waals surface area contributed by atoms with Crippen LogP contribution in [0.25, 0.3) is 18.2 Å². The number of amides is 2. The Balaban J connectivity index is 1.93. The Bertz CT molecular complexity index is 1860. The Hall–Kier alpha value is -5.25. The highest BCUT2D eigenvalue weighted by Crippen LogP contribution is 2.27. The number of aromatic nitrogens is 2. The minimum absolute atomic E-state index is 0.0955. The van der Waals surface area contributed by atoms with E-state index in [1.807, 2.05) is 19.9 Å². The van der Waals surface area contributed by atoms with Gasteiger partial charge in [0.2, 0.25) is 0 Å². The number of nitrogens with one attached hydrogen (secondary N) is 3. The number of carboxylic acid groups (broad SMARTS) is 2. The molecule has 2 aromatic heterocycles. The number of carbonyl (C=O) groups excluding carboxylic acids is 2. The van der Waals surface area contributed by atoms with Crippen molar-refractivity contribution in [1.82, 2.24) is 15.3 Å². The van der Waals surface area contributed by atoms with E-state index in [2.05, 4.69) is 33.4 Å². The van der Waals surface area contributed by atoms with Crippen LogP contribution in [-0.4, -0.2) is 49.6 Å². The van der Waals surface area contributed by atoms with Crippen molar-refractivity contribution in [3.63, 3.8) is 0 Å². The number of carboxylic acids is 2. The second-order valence-electron chi connectivity index (χ2n) is 10.5. The molecule has 0 saturated heterocycles. The average Bonchev–Trinajstić information content (AvgIpc) is 3.59. The van der Waals surface area contributed by atoms with Crippen molar-refractivity contribution in [3.8, 4) is 0 Å². The number of nitrogens with zero attached hydrogens (tertiary/aromatic N) is 1. The topological polar surface area (TPSA) is 165 Å². The predicted molar refractivity (Wildman–Crippen MR) is 165 cm³/mol. The Kier molecular flexibility index (Phi) is 8.80. The van der Waals surface area contributed by atoms with Gasteiger partial charge >= 0.3 is 11.9 Å². The minimum Gasteiger partial charge on any atom is -0.481 e. The fourth-order valence-electron chi connectivity index (χ4n) is 5.34. The summed E-state index contributed by atoms with van der Waals surface area (Å²) in [6.07, 6.45) is 8.88. The number of H-pyrrole nitrogens is 2. The summed E-state index contributed by atoms with van der Waals surface area (Å²) in [7, 11) is 0. The lowest BCUT2D eigenvalue weighted by Gasteiger charge is -2.02. The molecule has 2 aliphatic heterocycles. The monoisotopic (exact) mass is 582 g/mol. The normalized spacial score (nSPS) is 16.9. The molecular formula is C33H34N4O6. The van der Waals surface area contributed by atoms with E-state index >= 15 is 0 Å². The van der Waals surface area contributed by atoms with Gasteiger partial charge in [0.1, 0.15) is 0 Å². The van der Waals surface area contributed by atoms with Crippen LogP contribution in [0.4, 0.5) is 0 Å². The molecule has 0 spiro atoms. The summed E-state index contributed by atoms with van der Waals surface area (Å²) < 4.78 is 0.